The molecule has 172 valence electrons. The Kier molecular flexibility index (Phi) is 6.90. The average molecular weight is 468 g/mol. The molecule has 8 nitrogen and oxygen atoms in total. The van der Waals surface area contributed by atoms with Crippen molar-refractivity contribution >= 4 is 34.6 Å². The molecule has 1 amide bonds. The molecule has 1 N–H and O–H groups in total. The molecule has 33 heavy (non-hydrogen) atoms. The number of nitrogens with zero attached hydrogens (tertiary/aromatic N) is 2. The van der Waals surface area contributed by atoms with Gasteiger partial charge >= 0.3 is 5.97 Å². The van der Waals surface area contributed by atoms with E-state index in [9.17, 15) is 9.59 Å². The lowest BCUT2D eigenvalue weighted by atomic mass is 10.1. The highest BCUT2D eigenvalue weighted by molar-refractivity contribution is 7.07. The highest BCUT2D eigenvalue weighted by Crippen LogP contribution is 2.33. The maximum absolute atomic E-state index is 11.9. The summed E-state index contributed by atoms with van der Waals surface area (Å²) in [5.74, 6) is 0.124. The van der Waals surface area contributed by atoms with Gasteiger partial charge in [0.05, 0.1) is 41.9 Å². The first kappa shape index (κ1) is 22.8. The van der Waals surface area contributed by atoms with Crippen molar-refractivity contribution in [2.75, 3.05) is 32.2 Å². The van der Waals surface area contributed by atoms with Crippen molar-refractivity contribution in [2.45, 2.75) is 19.9 Å². The van der Waals surface area contributed by atoms with Crippen molar-refractivity contribution in [1.82, 2.24) is 4.57 Å². The monoisotopic (exact) mass is 467 g/mol. The summed E-state index contributed by atoms with van der Waals surface area (Å²) in [5.41, 5.74) is 3.74. The maximum atomic E-state index is 11.9. The molecule has 4 rings (SSSR count). The summed E-state index contributed by atoms with van der Waals surface area (Å²) in [6.45, 7) is 4.70. The number of hydrogen-bond donors (Lipinski definition) is 1. The van der Waals surface area contributed by atoms with E-state index >= 15 is 0 Å². The topological polar surface area (TPSA) is 91.1 Å². The van der Waals surface area contributed by atoms with Gasteiger partial charge in [0.15, 0.2) is 11.4 Å². The minimum Gasteiger partial charge on any atom is -0.482 e. The van der Waals surface area contributed by atoms with E-state index in [0.717, 1.165) is 21.7 Å². The molecule has 0 fully saturated rings. The van der Waals surface area contributed by atoms with Crippen LogP contribution >= 0.6 is 11.3 Å². The molecule has 9 heteroatoms. The summed E-state index contributed by atoms with van der Waals surface area (Å²) in [5, 5.41) is 4.89. The predicted molar refractivity (Wildman–Crippen MR) is 126 cm³/mol. The van der Waals surface area contributed by atoms with Gasteiger partial charge in [-0.05, 0) is 56.3 Å². The van der Waals surface area contributed by atoms with E-state index in [-0.39, 0.29) is 24.5 Å². The molecule has 0 spiro atoms. The Morgan fingerprint density at radius 1 is 1.27 bits per heavy atom. The SMILES string of the molecule is CCOC(=O)c1ccc(N=c2scc(-c3ccc4c(c3)NC(=O)CO4)n2[C@H](C)COC)cc1. The van der Waals surface area contributed by atoms with Crippen LogP contribution in [-0.2, 0) is 14.3 Å². The molecule has 0 saturated heterocycles. The molecular formula is C24H25N3O5S. The molecule has 0 saturated carbocycles. The second-order valence-electron chi connectivity index (χ2n) is 7.50. The Balaban J connectivity index is 1.74. The number of rotatable bonds is 7. The van der Waals surface area contributed by atoms with Crippen LogP contribution < -0.4 is 14.9 Å². The Bertz CT molecular complexity index is 1230. The number of nitrogens with one attached hydrogen (secondary N) is 1. The van der Waals surface area contributed by atoms with E-state index in [0.29, 0.717) is 30.2 Å². The molecular weight excluding hydrogens is 442 g/mol. The fraction of sp³-hybridized carbons (Fsp3) is 0.292. The van der Waals surface area contributed by atoms with Crippen LogP contribution in [0.5, 0.6) is 5.75 Å². The number of fused-ring (bicyclic) bond motifs is 1. The Hall–Kier alpha value is -3.43. The molecule has 0 unspecified atom stereocenters. The molecule has 3 aromatic rings. The first-order valence-corrected chi connectivity index (χ1v) is 11.5. The third-order valence-corrected chi connectivity index (χ3v) is 5.94. The first-order valence-electron chi connectivity index (χ1n) is 10.6. The quantitative estimate of drug-likeness (QED) is 0.527. The lowest BCUT2D eigenvalue weighted by molar-refractivity contribution is -0.118. The van der Waals surface area contributed by atoms with Gasteiger partial charge in [0.1, 0.15) is 5.75 Å². The molecule has 1 aliphatic heterocycles. The minimum absolute atomic E-state index is 0.00989. The van der Waals surface area contributed by atoms with Crippen LogP contribution in [0.15, 0.2) is 52.8 Å². The van der Waals surface area contributed by atoms with Crippen LogP contribution in [0.1, 0.15) is 30.2 Å². The summed E-state index contributed by atoms with van der Waals surface area (Å²) >= 11 is 1.51. The molecule has 0 bridgehead atoms. The zero-order valence-electron chi connectivity index (χ0n) is 18.7. The number of carbonyl (C=O) groups is 2. The molecule has 2 heterocycles. The molecule has 1 atom stereocenters. The highest BCUT2D eigenvalue weighted by atomic mass is 32.1. The van der Waals surface area contributed by atoms with E-state index in [1.54, 1.807) is 38.3 Å². The largest absolute Gasteiger partial charge is 0.482 e. The number of benzene rings is 2. The molecule has 1 aromatic heterocycles. The van der Waals surface area contributed by atoms with Crippen LogP contribution in [0, 0.1) is 0 Å². The van der Waals surface area contributed by atoms with E-state index in [4.69, 9.17) is 19.2 Å². The summed E-state index contributed by atoms with van der Waals surface area (Å²) in [6, 6.07) is 12.7. The van der Waals surface area contributed by atoms with Crippen LogP contribution in [0.2, 0.25) is 0 Å². The van der Waals surface area contributed by atoms with Gasteiger partial charge in [0, 0.05) is 18.1 Å². The number of amides is 1. The van der Waals surface area contributed by atoms with Crippen molar-refractivity contribution in [3.63, 3.8) is 0 Å². The average Bonchev–Trinajstić information content (AvgIpc) is 3.23. The number of anilines is 1. The third-order valence-electron chi connectivity index (χ3n) is 5.10. The second kappa shape index (κ2) is 10.0. The summed E-state index contributed by atoms with van der Waals surface area (Å²) in [4.78, 5) is 29.3. The molecule has 2 aromatic carbocycles. The number of thiazole rings is 1. The van der Waals surface area contributed by atoms with Crippen LogP contribution in [0.3, 0.4) is 0 Å². The van der Waals surface area contributed by atoms with E-state index in [2.05, 4.69) is 16.8 Å². The minimum atomic E-state index is -0.352. The molecule has 1 aliphatic rings. The Labute approximate surface area is 195 Å². The lowest BCUT2D eigenvalue weighted by Gasteiger charge is -2.20. The van der Waals surface area contributed by atoms with Gasteiger partial charge in [-0.15, -0.1) is 11.3 Å². The zero-order valence-corrected chi connectivity index (χ0v) is 19.5. The van der Waals surface area contributed by atoms with Gasteiger partial charge < -0.3 is 24.1 Å². The first-order chi connectivity index (χ1) is 16.0. The fourth-order valence-corrected chi connectivity index (χ4v) is 4.61. The second-order valence-corrected chi connectivity index (χ2v) is 8.34. The third kappa shape index (κ3) is 4.99. The summed E-state index contributed by atoms with van der Waals surface area (Å²) in [7, 11) is 1.67. The van der Waals surface area contributed by atoms with Gasteiger partial charge in [-0.3, -0.25) is 4.79 Å². The van der Waals surface area contributed by atoms with Crippen molar-refractivity contribution in [3.05, 3.63) is 58.2 Å². The van der Waals surface area contributed by atoms with Crippen molar-refractivity contribution in [3.8, 4) is 17.0 Å². The van der Waals surface area contributed by atoms with Gasteiger partial charge in [0.25, 0.3) is 5.91 Å². The number of carbonyl (C=O) groups excluding carboxylic acids is 2. The normalized spacial score (nSPS) is 14.3. The molecule has 0 radical (unpaired) electrons. The predicted octanol–water partition coefficient (Wildman–Crippen LogP) is 4.16. The number of methoxy groups -OCH3 is 1. The zero-order chi connectivity index (χ0) is 23.4. The van der Waals surface area contributed by atoms with Crippen molar-refractivity contribution in [2.24, 2.45) is 4.99 Å². The van der Waals surface area contributed by atoms with Gasteiger partial charge in [-0.1, -0.05) is 0 Å². The van der Waals surface area contributed by atoms with Gasteiger partial charge in [-0.25, -0.2) is 9.79 Å². The highest BCUT2D eigenvalue weighted by Gasteiger charge is 2.19. The Morgan fingerprint density at radius 3 is 2.79 bits per heavy atom. The Morgan fingerprint density at radius 2 is 2.06 bits per heavy atom. The van der Waals surface area contributed by atoms with E-state index in [1.165, 1.54) is 11.3 Å². The van der Waals surface area contributed by atoms with E-state index in [1.807, 2.05) is 23.6 Å². The number of hydrogen-bond acceptors (Lipinski definition) is 7. The van der Waals surface area contributed by atoms with Crippen LogP contribution in [-0.4, -0.2) is 43.4 Å². The number of aromatic nitrogens is 1. The van der Waals surface area contributed by atoms with E-state index < -0.39 is 0 Å². The van der Waals surface area contributed by atoms with Crippen molar-refractivity contribution < 1.29 is 23.8 Å². The number of esters is 1. The number of ether oxygens (including phenoxy) is 3. The standard InChI is InChI=1S/C24H25N3O5S/c1-4-31-23(29)16-5-8-18(9-6-16)25-24-27(15(2)12-30-3)20(14-33-24)17-7-10-21-19(11-17)26-22(28)13-32-21/h5-11,14-15H,4,12-13H2,1-3H3,(H,26,28)/t15-/m1/s1. The smallest absolute Gasteiger partial charge is 0.338 e. The van der Waals surface area contributed by atoms with Gasteiger partial charge in [-0.2, -0.15) is 0 Å². The summed E-state index contributed by atoms with van der Waals surface area (Å²) in [6.07, 6.45) is 0. The lowest BCUT2D eigenvalue weighted by Crippen LogP contribution is -2.25. The maximum Gasteiger partial charge on any atom is 0.338 e. The van der Waals surface area contributed by atoms with Crippen LogP contribution in [0.25, 0.3) is 11.3 Å². The fourth-order valence-electron chi connectivity index (χ4n) is 3.59. The van der Waals surface area contributed by atoms with Crippen LogP contribution in [0.4, 0.5) is 11.4 Å². The summed E-state index contributed by atoms with van der Waals surface area (Å²) < 4.78 is 18.0. The van der Waals surface area contributed by atoms with Gasteiger partial charge in [0.2, 0.25) is 0 Å². The molecule has 0 aliphatic carbocycles. The van der Waals surface area contributed by atoms with Crippen molar-refractivity contribution in [1.29, 1.82) is 0 Å².